The summed E-state index contributed by atoms with van der Waals surface area (Å²) in [6.45, 7) is 1.01. The van der Waals surface area contributed by atoms with E-state index in [2.05, 4.69) is 0 Å². The second-order valence-corrected chi connectivity index (χ2v) is 3.60. The van der Waals surface area contributed by atoms with E-state index in [0.717, 1.165) is 19.1 Å². The van der Waals surface area contributed by atoms with Crippen molar-refractivity contribution in [2.45, 2.75) is 25.1 Å². The summed E-state index contributed by atoms with van der Waals surface area (Å²) in [5.41, 5.74) is -3.42. The first-order valence-corrected chi connectivity index (χ1v) is 4.61. The van der Waals surface area contributed by atoms with Gasteiger partial charge in [-0.3, -0.25) is 4.79 Å². The molecule has 1 atom stereocenters. The van der Waals surface area contributed by atoms with Crippen LogP contribution in [0.25, 0.3) is 0 Å². The molecule has 0 aromatic heterocycles. The van der Waals surface area contributed by atoms with Crippen molar-refractivity contribution in [3.8, 4) is 0 Å². The fraction of sp³-hybridized carbons (Fsp3) is 0.364. The number of alkyl halides is 3. The van der Waals surface area contributed by atoms with E-state index in [4.69, 9.17) is 0 Å². The van der Waals surface area contributed by atoms with E-state index >= 15 is 0 Å². The number of benzene rings is 1. The molecule has 0 aliphatic carbocycles. The number of carbonyl (C=O) groups excluding carboxylic acids is 1. The third-order valence-electron chi connectivity index (χ3n) is 2.23. The van der Waals surface area contributed by atoms with Crippen LogP contribution in [0.4, 0.5) is 13.2 Å². The SMILES string of the molecule is CC(=O)C[C@](O)(c1ccccc1)C(F)(F)F. The highest BCUT2D eigenvalue weighted by molar-refractivity contribution is 5.77. The Balaban J connectivity index is 3.21. The molecule has 0 heterocycles. The van der Waals surface area contributed by atoms with E-state index in [9.17, 15) is 23.1 Å². The second kappa shape index (κ2) is 4.25. The lowest BCUT2D eigenvalue weighted by Gasteiger charge is -2.30. The third-order valence-corrected chi connectivity index (χ3v) is 2.23. The van der Waals surface area contributed by atoms with Crippen molar-refractivity contribution in [1.82, 2.24) is 0 Å². The number of halogens is 3. The maximum absolute atomic E-state index is 12.7. The molecule has 0 fully saturated rings. The van der Waals surface area contributed by atoms with Gasteiger partial charge in [-0.05, 0) is 12.5 Å². The van der Waals surface area contributed by atoms with E-state index in [1.165, 1.54) is 18.2 Å². The molecule has 0 amide bonds. The minimum atomic E-state index is -4.87. The monoisotopic (exact) mass is 232 g/mol. The van der Waals surface area contributed by atoms with Crippen molar-refractivity contribution in [3.05, 3.63) is 35.9 Å². The van der Waals surface area contributed by atoms with Crippen LogP contribution in [0.3, 0.4) is 0 Å². The zero-order chi connectivity index (χ0) is 12.4. The fourth-order valence-corrected chi connectivity index (χ4v) is 1.44. The zero-order valence-electron chi connectivity index (χ0n) is 8.58. The lowest BCUT2D eigenvalue weighted by atomic mass is 9.88. The first-order chi connectivity index (χ1) is 7.27. The molecule has 0 bridgehead atoms. The molecule has 0 radical (unpaired) electrons. The van der Waals surface area contributed by atoms with Crippen LogP contribution < -0.4 is 0 Å². The predicted molar refractivity (Wildman–Crippen MR) is 51.7 cm³/mol. The summed E-state index contributed by atoms with van der Waals surface area (Å²) >= 11 is 0. The van der Waals surface area contributed by atoms with Crippen molar-refractivity contribution >= 4 is 5.78 Å². The van der Waals surface area contributed by atoms with Crippen LogP contribution in [-0.4, -0.2) is 17.1 Å². The summed E-state index contributed by atoms with van der Waals surface area (Å²) in [6, 6.07) is 6.60. The van der Waals surface area contributed by atoms with Crippen LogP contribution >= 0.6 is 0 Å². The van der Waals surface area contributed by atoms with Gasteiger partial charge in [-0.1, -0.05) is 30.3 Å². The molecule has 0 aliphatic rings. The van der Waals surface area contributed by atoms with Crippen molar-refractivity contribution in [2.75, 3.05) is 0 Å². The number of carbonyl (C=O) groups is 1. The Morgan fingerprint density at radius 1 is 1.25 bits per heavy atom. The van der Waals surface area contributed by atoms with Gasteiger partial charge in [0.05, 0.1) is 0 Å². The van der Waals surface area contributed by atoms with Gasteiger partial charge in [-0.2, -0.15) is 13.2 Å². The van der Waals surface area contributed by atoms with E-state index in [1.807, 2.05) is 0 Å². The van der Waals surface area contributed by atoms with E-state index in [-0.39, 0.29) is 5.56 Å². The van der Waals surface area contributed by atoms with E-state index in [0.29, 0.717) is 0 Å². The smallest absolute Gasteiger partial charge is 0.376 e. The van der Waals surface area contributed by atoms with Crippen LogP contribution in [0.1, 0.15) is 18.9 Å². The Morgan fingerprint density at radius 2 is 1.75 bits per heavy atom. The Labute approximate surface area is 90.7 Å². The van der Waals surface area contributed by atoms with Gasteiger partial charge in [0.1, 0.15) is 5.78 Å². The van der Waals surface area contributed by atoms with Crippen LogP contribution in [0, 0.1) is 0 Å². The molecule has 88 valence electrons. The highest BCUT2D eigenvalue weighted by Crippen LogP contribution is 2.41. The number of hydrogen-bond donors (Lipinski definition) is 1. The number of ketones is 1. The van der Waals surface area contributed by atoms with Gasteiger partial charge in [0, 0.05) is 6.42 Å². The Morgan fingerprint density at radius 3 is 2.12 bits per heavy atom. The van der Waals surface area contributed by atoms with Crippen molar-refractivity contribution in [3.63, 3.8) is 0 Å². The highest BCUT2D eigenvalue weighted by atomic mass is 19.4. The van der Waals surface area contributed by atoms with Gasteiger partial charge in [-0.15, -0.1) is 0 Å². The summed E-state index contributed by atoms with van der Waals surface area (Å²) < 4.78 is 38.2. The average Bonchev–Trinajstić information content (AvgIpc) is 2.16. The minimum Gasteiger partial charge on any atom is -0.376 e. The first-order valence-electron chi connectivity index (χ1n) is 4.61. The van der Waals surface area contributed by atoms with E-state index < -0.39 is 24.0 Å². The topological polar surface area (TPSA) is 37.3 Å². The van der Waals surface area contributed by atoms with Crippen LogP contribution in [0.5, 0.6) is 0 Å². The summed E-state index contributed by atoms with van der Waals surface area (Å²) in [4.78, 5) is 10.8. The van der Waals surface area contributed by atoms with E-state index in [1.54, 1.807) is 0 Å². The number of Topliss-reactive ketones (excluding diaryl/α,β-unsaturated/α-hetero) is 1. The van der Waals surface area contributed by atoms with Gasteiger partial charge in [0.15, 0.2) is 5.60 Å². The molecule has 0 unspecified atom stereocenters. The first kappa shape index (κ1) is 12.7. The van der Waals surface area contributed by atoms with Gasteiger partial charge in [0.25, 0.3) is 0 Å². The molecule has 2 nitrogen and oxygen atoms in total. The quantitative estimate of drug-likeness (QED) is 0.868. The summed E-state index contributed by atoms with van der Waals surface area (Å²) in [5.74, 6) is -0.719. The maximum Gasteiger partial charge on any atom is 0.421 e. The predicted octanol–water partition coefficient (Wildman–Crippen LogP) is 2.42. The second-order valence-electron chi connectivity index (χ2n) is 3.60. The summed E-state index contributed by atoms with van der Waals surface area (Å²) in [7, 11) is 0. The van der Waals surface area contributed by atoms with Gasteiger partial charge < -0.3 is 5.11 Å². The molecule has 1 rings (SSSR count). The molecule has 0 aliphatic heterocycles. The van der Waals surface area contributed by atoms with Crippen molar-refractivity contribution in [1.29, 1.82) is 0 Å². The molecule has 0 spiro atoms. The molecule has 16 heavy (non-hydrogen) atoms. The Bertz CT molecular complexity index is 373. The van der Waals surface area contributed by atoms with Gasteiger partial charge >= 0.3 is 6.18 Å². The van der Waals surface area contributed by atoms with Gasteiger partial charge in [0.2, 0.25) is 0 Å². The van der Waals surface area contributed by atoms with Crippen LogP contribution in [0.2, 0.25) is 0 Å². The lowest BCUT2D eigenvalue weighted by Crippen LogP contribution is -2.43. The zero-order valence-corrected chi connectivity index (χ0v) is 8.58. The van der Waals surface area contributed by atoms with Crippen LogP contribution in [-0.2, 0) is 10.4 Å². The third kappa shape index (κ3) is 2.41. The number of aliphatic hydroxyl groups is 1. The number of hydrogen-bond acceptors (Lipinski definition) is 2. The molecule has 0 saturated carbocycles. The van der Waals surface area contributed by atoms with Crippen molar-refractivity contribution in [2.24, 2.45) is 0 Å². The maximum atomic E-state index is 12.7. The number of rotatable bonds is 3. The van der Waals surface area contributed by atoms with Crippen LogP contribution in [0.15, 0.2) is 30.3 Å². The molecule has 1 N–H and O–H groups in total. The van der Waals surface area contributed by atoms with Crippen molar-refractivity contribution < 1.29 is 23.1 Å². The Hall–Kier alpha value is -1.36. The molecular weight excluding hydrogens is 221 g/mol. The molecule has 0 saturated heterocycles. The van der Waals surface area contributed by atoms with Gasteiger partial charge in [-0.25, -0.2) is 0 Å². The molecule has 5 heteroatoms. The largest absolute Gasteiger partial charge is 0.421 e. The lowest BCUT2D eigenvalue weighted by molar-refractivity contribution is -0.267. The fourth-order valence-electron chi connectivity index (χ4n) is 1.44. The molecule has 1 aromatic rings. The minimum absolute atomic E-state index is 0.322. The summed E-state index contributed by atoms with van der Waals surface area (Å²) in [5, 5.41) is 9.64. The normalized spacial score (nSPS) is 15.6. The molecule has 1 aromatic carbocycles. The summed E-state index contributed by atoms with van der Waals surface area (Å²) in [6.07, 6.45) is -5.85. The average molecular weight is 232 g/mol. The highest BCUT2D eigenvalue weighted by Gasteiger charge is 2.55. The Kier molecular flexibility index (Phi) is 3.38. The standard InChI is InChI=1S/C11H11F3O2/c1-8(15)7-10(16,11(12,13)14)9-5-3-2-4-6-9/h2-6,16H,7H2,1H3/t10-/m0/s1. The molecular formula is C11H11F3O2.